The highest BCUT2D eigenvalue weighted by Gasteiger charge is 1.92. The van der Waals surface area contributed by atoms with E-state index in [2.05, 4.69) is 15.5 Å². The molecule has 5 heteroatoms. The van der Waals surface area contributed by atoms with E-state index < -0.39 is 0 Å². The SMILES string of the molecule is CCC(=O)N/N=C/c1ccc(N)nc1. The van der Waals surface area contributed by atoms with Crippen LogP contribution in [-0.4, -0.2) is 17.1 Å². The molecule has 5 nitrogen and oxygen atoms in total. The molecule has 0 aliphatic rings. The number of nitrogens with zero attached hydrogens (tertiary/aromatic N) is 2. The van der Waals surface area contributed by atoms with Gasteiger partial charge in [-0.3, -0.25) is 4.79 Å². The third kappa shape index (κ3) is 3.22. The number of carbonyl (C=O) groups is 1. The number of nitrogens with two attached hydrogens (primary N) is 1. The first-order valence-electron chi connectivity index (χ1n) is 4.26. The van der Waals surface area contributed by atoms with E-state index in [9.17, 15) is 4.79 Å². The van der Waals surface area contributed by atoms with Crippen LogP contribution in [-0.2, 0) is 4.79 Å². The Morgan fingerprint density at radius 3 is 3.07 bits per heavy atom. The Bertz CT molecular complexity index is 331. The highest BCUT2D eigenvalue weighted by atomic mass is 16.2. The van der Waals surface area contributed by atoms with Gasteiger partial charge in [0.15, 0.2) is 0 Å². The molecular weight excluding hydrogens is 180 g/mol. The van der Waals surface area contributed by atoms with E-state index in [1.807, 2.05) is 0 Å². The van der Waals surface area contributed by atoms with Crippen molar-refractivity contribution >= 4 is 17.9 Å². The second-order valence-electron chi connectivity index (χ2n) is 2.66. The molecule has 0 saturated heterocycles. The van der Waals surface area contributed by atoms with Crippen molar-refractivity contribution in [3.05, 3.63) is 23.9 Å². The molecular formula is C9H12N4O. The summed E-state index contributed by atoms with van der Waals surface area (Å²) in [5, 5.41) is 3.74. The van der Waals surface area contributed by atoms with Crippen LogP contribution in [0.4, 0.5) is 5.82 Å². The van der Waals surface area contributed by atoms with Crippen molar-refractivity contribution in [1.29, 1.82) is 0 Å². The molecule has 14 heavy (non-hydrogen) atoms. The summed E-state index contributed by atoms with van der Waals surface area (Å²) in [6, 6.07) is 3.44. The van der Waals surface area contributed by atoms with Gasteiger partial charge in [-0.25, -0.2) is 10.4 Å². The van der Waals surface area contributed by atoms with Crippen LogP contribution < -0.4 is 11.2 Å². The minimum atomic E-state index is -0.121. The van der Waals surface area contributed by atoms with Gasteiger partial charge in [0.05, 0.1) is 6.21 Å². The molecule has 0 bridgehead atoms. The summed E-state index contributed by atoms with van der Waals surface area (Å²) in [7, 11) is 0. The van der Waals surface area contributed by atoms with Gasteiger partial charge in [-0.2, -0.15) is 5.10 Å². The van der Waals surface area contributed by atoms with Crippen LogP contribution in [0.1, 0.15) is 18.9 Å². The third-order valence-electron chi connectivity index (χ3n) is 1.53. The molecule has 1 aromatic rings. The molecule has 0 unspecified atom stereocenters. The highest BCUT2D eigenvalue weighted by molar-refractivity contribution is 5.82. The number of rotatable bonds is 3. The van der Waals surface area contributed by atoms with E-state index in [4.69, 9.17) is 5.73 Å². The van der Waals surface area contributed by atoms with Crippen molar-refractivity contribution in [2.24, 2.45) is 5.10 Å². The number of hydrogen-bond donors (Lipinski definition) is 2. The first-order chi connectivity index (χ1) is 6.72. The molecule has 0 fully saturated rings. The fraction of sp³-hybridized carbons (Fsp3) is 0.222. The molecule has 0 aliphatic carbocycles. The summed E-state index contributed by atoms with van der Waals surface area (Å²) in [5.41, 5.74) is 8.55. The predicted octanol–water partition coefficient (Wildman–Crippen LogP) is 0.524. The average molecular weight is 192 g/mol. The van der Waals surface area contributed by atoms with Gasteiger partial charge in [0.25, 0.3) is 0 Å². The monoisotopic (exact) mass is 192 g/mol. The normalized spacial score (nSPS) is 10.4. The number of carbonyl (C=O) groups excluding carboxylic acids is 1. The van der Waals surface area contributed by atoms with E-state index in [1.54, 1.807) is 25.3 Å². The molecule has 1 rings (SSSR count). The minimum absolute atomic E-state index is 0.121. The predicted molar refractivity (Wildman–Crippen MR) is 54.7 cm³/mol. The van der Waals surface area contributed by atoms with Gasteiger partial charge in [0.1, 0.15) is 5.82 Å². The quantitative estimate of drug-likeness (QED) is 0.541. The number of amides is 1. The van der Waals surface area contributed by atoms with E-state index in [1.165, 1.54) is 6.21 Å². The number of hydrogen-bond acceptors (Lipinski definition) is 4. The van der Waals surface area contributed by atoms with Gasteiger partial charge < -0.3 is 5.73 Å². The smallest absolute Gasteiger partial charge is 0.239 e. The average Bonchev–Trinajstić information content (AvgIpc) is 2.21. The van der Waals surface area contributed by atoms with E-state index in [0.717, 1.165) is 5.56 Å². The van der Waals surface area contributed by atoms with Crippen LogP contribution in [0, 0.1) is 0 Å². The lowest BCUT2D eigenvalue weighted by molar-refractivity contribution is -0.120. The lowest BCUT2D eigenvalue weighted by Gasteiger charge is -1.95. The largest absolute Gasteiger partial charge is 0.384 e. The van der Waals surface area contributed by atoms with Crippen LogP contribution >= 0.6 is 0 Å². The second-order valence-corrected chi connectivity index (χ2v) is 2.66. The van der Waals surface area contributed by atoms with Gasteiger partial charge >= 0.3 is 0 Å². The number of aromatic nitrogens is 1. The van der Waals surface area contributed by atoms with Crippen LogP contribution in [0.2, 0.25) is 0 Å². The molecule has 1 aromatic heterocycles. The summed E-state index contributed by atoms with van der Waals surface area (Å²) in [6.45, 7) is 1.76. The van der Waals surface area contributed by atoms with Crippen molar-refractivity contribution in [2.45, 2.75) is 13.3 Å². The topological polar surface area (TPSA) is 80.4 Å². The van der Waals surface area contributed by atoms with Crippen molar-refractivity contribution in [2.75, 3.05) is 5.73 Å². The number of hydrazone groups is 1. The summed E-state index contributed by atoms with van der Waals surface area (Å²) < 4.78 is 0. The maximum atomic E-state index is 10.8. The van der Waals surface area contributed by atoms with Gasteiger partial charge in [0.2, 0.25) is 5.91 Å². The molecule has 0 atom stereocenters. The van der Waals surface area contributed by atoms with Crippen molar-refractivity contribution in [3.63, 3.8) is 0 Å². The number of nitrogens with one attached hydrogen (secondary N) is 1. The summed E-state index contributed by atoms with van der Waals surface area (Å²) >= 11 is 0. The number of pyridine rings is 1. The van der Waals surface area contributed by atoms with Gasteiger partial charge in [-0.15, -0.1) is 0 Å². The Kier molecular flexibility index (Phi) is 3.60. The fourth-order valence-corrected chi connectivity index (χ4v) is 0.751. The summed E-state index contributed by atoms with van der Waals surface area (Å²) in [6.07, 6.45) is 3.51. The van der Waals surface area contributed by atoms with Gasteiger partial charge in [0, 0.05) is 18.2 Å². The molecule has 1 heterocycles. The zero-order valence-corrected chi connectivity index (χ0v) is 7.90. The molecule has 1 amide bonds. The van der Waals surface area contributed by atoms with E-state index >= 15 is 0 Å². The van der Waals surface area contributed by atoms with Crippen molar-refractivity contribution in [1.82, 2.24) is 10.4 Å². The van der Waals surface area contributed by atoms with Crippen LogP contribution in [0.15, 0.2) is 23.4 Å². The second kappa shape index (κ2) is 4.96. The number of nitrogen functional groups attached to an aromatic ring is 1. The molecule has 0 aliphatic heterocycles. The standard InChI is InChI=1S/C9H12N4O/c1-2-9(14)13-12-6-7-3-4-8(10)11-5-7/h3-6H,2H2,1H3,(H2,10,11)(H,13,14)/b12-6+. The van der Waals surface area contributed by atoms with Crippen LogP contribution in [0.3, 0.4) is 0 Å². The Morgan fingerprint density at radius 2 is 2.50 bits per heavy atom. The molecule has 3 N–H and O–H groups in total. The highest BCUT2D eigenvalue weighted by Crippen LogP contribution is 1.97. The maximum Gasteiger partial charge on any atom is 0.239 e. The van der Waals surface area contributed by atoms with E-state index in [0.29, 0.717) is 12.2 Å². The lowest BCUT2D eigenvalue weighted by atomic mass is 10.3. The van der Waals surface area contributed by atoms with E-state index in [-0.39, 0.29) is 5.91 Å². The van der Waals surface area contributed by atoms with Gasteiger partial charge in [-0.1, -0.05) is 6.92 Å². The first-order valence-corrected chi connectivity index (χ1v) is 4.26. The molecule has 0 saturated carbocycles. The molecule has 74 valence electrons. The van der Waals surface area contributed by atoms with Crippen molar-refractivity contribution < 1.29 is 4.79 Å². The Balaban J connectivity index is 2.52. The lowest BCUT2D eigenvalue weighted by Crippen LogP contribution is -2.15. The van der Waals surface area contributed by atoms with Crippen LogP contribution in [0.25, 0.3) is 0 Å². The molecule has 0 radical (unpaired) electrons. The third-order valence-corrected chi connectivity index (χ3v) is 1.53. The minimum Gasteiger partial charge on any atom is -0.384 e. The zero-order valence-electron chi connectivity index (χ0n) is 7.90. The number of anilines is 1. The maximum absolute atomic E-state index is 10.8. The summed E-state index contributed by atoms with van der Waals surface area (Å²) in [4.78, 5) is 14.7. The molecule has 0 aromatic carbocycles. The van der Waals surface area contributed by atoms with Crippen molar-refractivity contribution in [3.8, 4) is 0 Å². The molecule has 0 spiro atoms. The Labute approximate surface area is 82.0 Å². The Morgan fingerprint density at radius 1 is 1.71 bits per heavy atom. The van der Waals surface area contributed by atoms with Crippen LogP contribution in [0.5, 0.6) is 0 Å². The van der Waals surface area contributed by atoms with Gasteiger partial charge in [-0.05, 0) is 12.1 Å². The zero-order chi connectivity index (χ0) is 10.4. The first kappa shape index (κ1) is 10.2. The summed E-state index contributed by atoms with van der Waals surface area (Å²) in [5.74, 6) is 0.337. The Hall–Kier alpha value is -1.91. The fourth-order valence-electron chi connectivity index (χ4n) is 0.751.